The van der Waals surface area contributed by atoms with Crippen molar-refractivity contribution in [3.63, 3.8) is 0 Å². The Labute approximate surface area is 104 Å². The first-order valence-corrected chi connectivity index (χ1v) is 6.68. The van der Waals surface area contributed by atoms with Crippen molar-refractivity contribution in [2.75, 3.05) is 13.2 Å². The van der Waals surface area contributed by atoms with Crippen molar-refractivity contribution in [1.82, 2.24) is 0 Å². The molecule has 1 fully saturated rings. The summed E-state index contributed by atoms with van der Waals surface area (Å²) >= 11 is 0. The molecule has 17 heavy (non-hydrogen) atoms. The molecule has 1 aliphatic carbocycles. The summed E-state index contributed by atoms with van der Waals surface area (Å²) in [7, 11) is 0. The molecule has 0 aliphatic heterocycles. The van der Waals surface area contributed by atoms with Crippen molar-refractivity contribution in [1.29, 1.82) is 0 Å². The third kappa shape index (κ3) is 4.64. The van der Waals surface area contributed by atoms with Gasteiger partial charge < -0.3 is 15.6 Å². The fourth-order valence-corrected chi connectivity index (χ4v) is 2.06. The Morgan fingerprint density at radius 1 is 1.47 bits per heavy atom. The highest BCUT2D eigenvalue weighted by atomic mass is 16.5. The minimum Gasteiger partial charge on any atom is -0.480 e. The Bertz CT molecular complexity index is 241. The maximum absolute atomic E-state index is 10.9. The van der Waals surface area contributed by atoms with Gasteiger partial charge in [0, 0.05) is 13.2 Å². The minimum absolute atomic E-state index is 0.463. The lowest BCUT2D eigenvalue weighted by atomic mass is 9.83. The van der Waals surface area contributed by atoms with Gasteiger partial charge >= 0.3 is 5.97 Å². The van der Waals surface area contributed by atoms with E-state index in [1.807, 2.05) is 6.92 Å². The zero-order chi connectivity index (χ0) is 12.7. The van der Waals surface area contributed by atoms with Crippen LogP contribution in [-0.4, -0.2) is 29.8 Å². The van der Waals surface area contributed by atoms with Crippen LogP contribution in [0.1, 0.15) is 51.9 Å². The van der Waals surface area contributed by atoms with Gasteiger partial charge in [0.15, 0.2) is 0 Å². The fourth-order valence-electron chi connectivity index (χ4n) is 2.06. The number of nitrogens with two attached hydrogens (primary N) is 1. The Balaban J connectivity index is 2.00. The normalized spacial score (nSPS) is 19.6. The first kappa shape index (κ1) is 14.5. The molecule has 0 spiro atoms. The Morgan fingerprint density at radius 3 is 2.65 bits per heavy atom. The van der Waals surface area contributed by atoms with E-state index in [2.05, 4.69) is 0 Å². The zero-order valence-electron chi connectivity index (χ0n) is 10.8. The van der Waals surface area contributed by atoms with Crippen LogP contribution in [-0.2, 0) is 9.53 Å². The molecule has 3 N–H and O–H groups in total. The van der Waals surface area contributed by atoms with Gasteiger partial charge in [-0.3, -0.25) is 4.79 Å². The molecular weight excluding hydrogens is 218 g/mol. The van der Waals surface area contributed by atoms with E-state index in [0.717, 1.165) is 25.4 Å². The molecule has 0 aromatic rings. The van der Waals surface area contributed by atoms with E-state index >= 15 is 0 Å². The van der Waals surface area contributed by atoms with E-state index in [4.69, 9.17) is 15.6 Å². The van der Waals surface area contributed by atoms with Crippen LogP contribution in [0.3, 0.4) is 0 Å². The van der Waals surface area contributed by atoms with Crippen LogP contribution in [0.25, 0.3) is 0 Å². The lowest BCUT2D eigenvalue weighted by Gasteiger charge is -2.25. The number of carboxylic acid groups (broad SMARTS) is 1. The quantitative estimate of drug-likeness (QED) is 0.609. The number of ether oxygens (including phenoxy) is 1. The van der Waals surface area contributed by atoms with Gasteiger partial charge in [0.1, 0.15) is 5.54 Å². The highest BCUT2D eigenvalue weighted by Crippen LogP contribution is 2.29. The van der Waals surface area contributed by atoms with Gasteiger partial charge in [-0.05, 0) is 31.6 Å². The molecule has 4 nitrogen and oxygen atoms in total. The summed E-state index contributed by atoms with van der Waals surface area (Å²) in [5.41, 5.74) is 4.71. The van der Waals surface area contributed by atoms with E-state index < -0.39 is 11.5 Å². The minimum atomic E-state index is -1.07. The van der Waals surface area contributed by atoms with Gasteiger partial charge in [-0.2, -0.15) is 0 Å². The lowest BCUT2D eigenvalue weighted by molar-refractivity contribution is -0.143. The van der Waals surface area contributed by atoms with Crippen molar-refractivity contribution >= 4 is 5.97 Å². The number of carbonyl (C=O) groups is 1. The summed E-state index contributed by atoms with van der Waals surface area (Å²) in [6.45, 7) is 3.24. The molecule has 1 rings (SSSR count). The smallest absolute Gasteiger partial charge is 0.323 e. The van der Waals surface area contributed by atoms with Crippen LogP contribution >= 0.6 is 0 Å². The first-order chi connectivity index (χ1) is 8.08. The van der Waals surface area contributed by atoms with E-state index in [-0.39, 0.29) is 0 Å². The summed E-state index contributed by atoms with van der Waals surface area (Å²) < 4.78 is 5.51. The number of hydrogen-bond donors (Lipinski definition) is 2. The molecule has 0 aromatic heterocycles. The number of hydrogen-bond acceptors (Lipinski definition) is 3. The van der Waals surface area contributed by atoms with Crippen molar-refractivity contribution in [3.05, 3.63) is 0 Å². The molecule has 0 aromatic carbocycles. The van der Waals surface area contributed by atoms with E-state index in [1.165, 1.54) is 19.3 Å². The maximum Gasteiger partial charge on any atom is 0.323 e. The molecule has 0 amide bonds. The maximum atomic E-state index is 10.9. The molecule has 1 saturated carbocycles. The average Bonchev–Trinajstić information content (AvgIpc) is 2.24. The second-order valence-electron chi connectivity index (χ2n) is 5.12. The SMILES string of the molecule is CCC(N)(CCCOCCC1CCC1)C(=O)O. The van der Waals surface area contributed by atoms with E-state index in [1.54, 1.807) is 0 Å². The Kier molecular flexibility index (Phi) is 5.92. The predicted molar refractivity (Wildman–Crippen MR) is 66.9 cm³/mol. The second kappa shape index (κ2) is 6.97. The molecule has 0 saturated heterocycles. The van der Waals surface area contributed by atoms with Crippen LogP contribution in [0.5, 0.6) is 0 Å². The highest BCUT2D eigenvalue weighted by molar-refractivity contribution is 5.78. The summed E-state index contributed by atoms with van der Waals surface area (Å²) in [4.78, 5) is 10.9. The molecule has 0 heterocycles. The molecule has 0 bridgehead atoms. The monoisotopic (exact) mass is 243 g/mol. The summed E-state index contributed by atoms with van der Waals surface area (Å²) in [6, 6.07) is 0. The van der Waals surface area contributed by atoms with E-state index in [0.29, 0.717) is 19.4 Å². The highest BCUT2D eigenvalue weighted by Gasteiger charge is 2.30. The summed E-state index contributed by atoms with van der Waals surface area (Å²) in [5.74, 6) is -0.0345. The average molecular weight is 243 g/mol. The van der Waals surface area contributed by atoms with Crippen LogP contribution < -0.4 is 5.73 Å². The number of carboxylic acids is 1. The summed E-state index contributed by atoms with van der Waals surface area (Å²) in [6.07, 6.45) is 6.90. The van der Waals surface area contributed by atoms with Gasteiger partial charge in [0.25, 0.3) is 0 Å². The van der Waals surface area contributed by atoms with E-state index in [9.17, 15) is 4.79 Å². The van der Waals surface area contributed by atoms with Crippen molar-refractivity contribution < 1.29 is 14.6 Å². The molecule has 0 radical (unpaired) electrons. The molecule has 1 aliphatic rings. The standard InChI is InChI=1S/C13H25NO3/c1-2-13(14,12(15)16)8-4-9-17-10-7-11-5-3-6-11/h11H,2-10,14H2,1H3,(H,15,16). The van der Waals surface area contributed by atoms with Crippen molar-refractivity contribution in [3.8, 4) is 0 Å². The first-order valence-electron chi connectivity index (χ1n) is 6.68. The molecule has 4 heteroatoms. The second-order valence-corrected chi connectivity index (χ2v) is 5.12. The van der Waals surface area contributed by atoms with Gasteiger partial charge in [-0.25, -0.2) is 0 Å². The zero-order valence-corrected chi connectivity index (χ0v) is 10.8. The molecule has 1 unspecified atom stereocenters. The topological polar surface area (TPSA) is 72.5 Å². The van der Waals surface area contributed by atoms with Gasteiger partial charge in [0.2, 0.25) is 0 Å². The molecule has 100 valence electrons. The van der Waals surface area contributed by atoms with Crippen LogP contribution in [0.4, 0.5) is 0 Å². The number of rotatable bonds is 9. The fraction of sp³-hybridized carbons (Fsp3) is 0.923. The van der Waals surface area contributed by atoms with Crippen LogP contribution in [0.2, 0.25) is 0 Å². The Morgan fingerprint density at radius 2 is 2.18 bits per heavy atom. The largest absolute Gasteiger partial charge is 0.480 e. The van der Waals surface area contributed by atoms with Gasteiger partial charge in [0.05, 0.1) is 0 Å². The molecule has 1 atom stereocenters. The summed E-state index contributed by atoms with van der Waals surface area (Å²) in [5, 5.41) is 8.98. The van der Waals surface area contributed by atoms with Gasteiger partial charge in [-0.15, -0.1) is 0 Å². The predicted octanol–water partition coefficient (Wildman–Crippen LogP) is 2.17. The third-order valence-electron chi connectivity index (χ3n) is 3.86. The third-order valence-corrected chi connectivity index (χ3v) is 3.86. The molecular formula is C13H25NO3. The van der Waals surface area contributed by atoms with Crippen LogP contribution in [0, 0.1) is 5.92 Å². The van der Waals surface area contributed by atoms with Crippen LogP contribution in [0.15, 0.2) is 0 Å². The van der Waals surface area contributed by atoms with Gasteiger partial charge in [-0.1, -0.05) is 26.2 Å². The number of aliphatic carboxylic acids is 1. The van der Waals surface area contributed by atoms with Crippen molar-refractivity contribution in [2.45, 2.75) is 57.4 Å². The lowest BCUT2D eigenvalue weighted by Crippen LogP contribution is -2.47. The van der Waals surface area contributed by atoms with Crippen molar-refractivity contribution in [2.24, 2.45) is 11.7 Å². The Hall–Kier alpha value is -0.610.